The molecule has 0 unspecified atom stereocenters. The van der Waals surface area contributed by atoms with E-state index in [0.717, 1.165) is 10.9 Å². The van der Waals surface area contributed by atoms with E-state index in [0.29, 0.717) is 10.8 Å². The zero-order chi connectivity index (χ0) is 16.9. The van der Waals surface area contributed by atoms with Crippen LogP contribution in [-0.4, -0.2) is 12.5 Å². The summed E-state index contributed by atoms with van der Waals surface area (Å²) in [4.78, 5) is 12.1. The van der Waals surface area contributed by atoms with Gasteiger partial charge in [-0.1, -0.05) is 48.0 Å². The first-order chi connectivity index (χ1) is 11.6. The minimum atomic E-state index is -0.161. The minimum absolute atomic E-state index is 0.0282. The fourth-order valence-corrected chi connectivity index (χ4v) is 2.65. The normalized spacial score (nSPS) is 11.9. The van der Waals surface area contributed by atoms with E-state index in [-0.39, 0.29) is 18.6 Å². The number of nitrogens with one attached hydrogen (secondary N) is 1. The van der Waals surface area contributed by atoms with Gasteiger partial charge >= 0.3 is 0 Å². The van der Waals surface area contributed by atoms with Gasteiger partial charge in [-0.05, 0) is 53.6 Å². The Kier molecular flexibility index (Phi) is 5.02. The van der Waals surface area contributed by atoms with Gasteiger partial charge in [0.2, 0.25) is 0 Å². The second-order valence-corrected chi connectivity index (χ2v) is 6.07. The van der Waals surface area contributed by atoms with Crippen LogP contribution in [0.3, 0.4) is 0 Å². The van der Waals surface area contributed by atoms with Crippen molar-refractivity contribution in [3.05, 3.63) is 77.3 Å². The zero-order valence-electron chi connectivity index (χ0n) is 13.3. The highest BCUT2D eigenvalue weighted by molar-refractivity contribution is 6.30. The van der Waals surface area contributed by atoms with Gasteiger partial charge in [0, 0.05) is 5.02 Å². The lowest BCUT2D eigenvalue weighted by Gasteiger charge is -2.15. The van der Waals surface area contributed by atoms with Crippen LogP contribution in [0, 0.1) is 0 Å². The van der Waals surface area contributed by atoms with E-state index in [1.54, 1.807) is 24.3 Å². The van der Waals surface area contributed by atoms with Crippen LogP contribution in [0.15, 0.2) is 66.7 Å². The molecule has 3 nitrogen and oxygen atoms in total. The highest BCUT2D eigenvalue weighted by Gasteiger charge is 2.10. The topological polar surface area (TPSA) is 38.3 Å². The molecule has 0 saturated heterocycles. The lowest BCUT2D eigenvalue weighted by Crippen LogP contribution is -2.31. The molecule has 0 heterocycles. The third-order valence-corrected chi connectivity index (χ3v) is 4.09. The largest absolute Gasteiger partial charge is 0.484 e. The molecule has 0 aromatic heterocycles. The number of halogens is 1. The average Bonchev–Trinajstić information content (AvgIpc) is 2.61. The Labute approximate surface area is 146 Å². The first-order valence-corrected chi connectivity index (χ1v) is 8.16. The van der Waals surface area contributed by atoms with Crippen LogP contribution in [0.2, 0.25) is 5.02 Å². The van der Waals surface area contributed by atoms with Gasteiger partial charge < -0.3 is 10.1 Å². The number of rotatable bonds is 5. The molecule has 3 aromatic rings. The Hall–Kier alpha value is -2.52. The van der Waals surface area contributed by atoms with E-state index in [2.05, 4.69) is 29.6 Å². The van der Waals surface area contributed by atoms with Gasteiger partial charge in [-0.3, -0.25) is 4.79 Å². The van der Waals surface area contributed by atoms with Gasteiger partial charge in [0.25, 0.3) is 5.91 Å². The summed E-state index contributed by atoms with van der Waals surface area (Å²) in [5.41, 5.74) is 1.06. The number of carbonyl (C=O) groups excluding carboxylic acids is 1. The number of hydrogen-bond acceptors (Lipinski definition) is 2. The number of benzene rings is 3. The van der Waals surface area contributed by atoms with E-state index >= 15 is 0 Å². The van der Waals surface area contributed by atoms with Crippen molar-refractivity contribution in [1.29, 1.82) is 0 Å². The summed E-state index contributed by atoms with van der Waals surface area (Å²) >= 11 is 5.82. The third kappa shape index (κ3) is 4.06. The van der Waals surface area contributed by atoms with Crippen LogP contribution < -0.4 is 10.1 Å². The lowest BCUT2D eigenvalue weighted by molar-refractivity contribution is -0.123. The van der Waals surface area contributed by atoms with Gasteiger partial charge in [0.05, 0.1) is 6.04 Å². The number of hydrogen-bond donors (Lipinski definition) is 1. The first kappa shape index (κ1) is 16.3. The van der Waals surface area contributed by atoms with Crippen molar-refractivity contribution in [3.63, 3.8) is 0 Å². The molecule has 0 spiro atoms. The predicted molar refractivity (Wildman–Crippen MR) is 97.5 cm³/mol. The van der Waals surface area contributed by atoms with Crippen molar-refractivity contribution < 1.29 is 9.53 Å². The Balaban J connectivity index is 1.59. The summed E-state index contributed by atoms with van der Waals surface area (Å²) in [6.07, 6.45) is 0. The molecule has 0 bridgehead atoms. The summed E-state index contributed by atoms with van der Waals surface area (Å²) in [6, 6.07) is 21.2. The van der Waals surface area contributed by atoms with Gasteiger partial charge in [-0.2, -0.15) is 0 Å². The molecule has 4 heteroatoms. The van der Waals surface area contributed by atoms with Crippen molar-refractivity contribution in [2.75, 3.05) is 6.61 Å². The molecule has 0 fully saturated rings. The molecule has 3 rings (SSSR count). The Morgan fingerprint density at radius 2 is 1.75 bits per heavy atom. The summed E-state index contributed by atoms with van der Waals surface area (Å²) in [5, 5.41) is 5.93. The van der Waals surface area contributed by atoms with Gasteiger partial charge in [0.15, 0.2) is 6.61 Å². The molecule has 0 radical (unpaired) electrons. The maximum absolute atomic E-state index is 12.1. The predicted octanol–water partition coefficient (Wildman–Crippen LogP) is 4.75. The molecular weight excluding hydrogens is 322 g/mol. The fourth-order valence-electron chi connectivity index (χ4n) is 2.52. The zero-order valence-corrected chi connectivity index (χ0v) is 14.1. The van der Waals surface area contributed by atoms with Gasteiger partial charge in [-0.25, -0.2) is 0 Å². The average molecular weight is 340 g/mol. The van der Waals surface area contributed by atoms with Crippen LogP contribution >= 0.6 is 11.6 Å². The molecule has 24 heavy (non-hydrogen) atoms. The third-order valence-electron chi connectivity index (χ3n) is 3.83. The minimum Gasteiger partial charge on any atom is -0.484 e. The van der Waals surface area contributed by atoms with Crippen LogP contribution in [0.1, 0.15) is 18.5 Å². The van der Waals surface area contributed by atoms with E-state index < -0.39 is 0 Å². The van der Waals surface area contributed by atoms with Crippen molar-refractivity contribution in [2.45, 2.75) is 13.0 Å². The van der Waals surface area contributed by atoms with Crippen LogP contribution in [-0.2, 0) is 4.79 Å². The highest BCUT2D eigenvalue weighted by atomic mass is 35.5. The Morgan fingerprint density at radius 1 is 1.04 bits per heavy atom. The standard InChI is InChI=1S/C20H18ClNO2/c1-14(16-7-6-15-4-2-3-5-17(15)12-16)22-20(23)13-24-19-10-8-18(21)9-11-19/h2-12,14H,13H2,1H3,(H,22,23)/t14-/m0/s1. The molecule has 1 amide bonds. The molecule has 0 saturated carbocycles. The molecular formula is C20H18ClNO2. The smallest absolute Gasteiger partial charge is 0.258 e. The second kappa shape index (κ2) is 7.37. The van der Waals surface area contributed by atoms with Gasteiger partial charge in [-0.15, -0.1) is 0 Å². The summed E-state index contributed by atoms with van der Waals surface area (Å²) < 4.78 is 5.46. The van der Waals surface area contributed by atoms with Crippen LogP contribution in [0.5, 0.6) is 5.75 Å². The van der Waals surface area contributed by atoms with E-state index in [1.165, 1.54) is 5.39 Å². The van der Waals surface area contributed by atoms with Gasteiger partial charge in [0.1, 0.15) is 5.75 Å². The number of ether oxygens (including phenoxy) is 1. The highest BCUT2D eigenvalue weighted by Crippen LogP contribution is 2.20. The molecule has 1 N–H and O–H groups in total. The van der Waals surface area contributed by atoms with E-state index in [1.807, 2.05) is 25.1 Å². The van der Waals surface area contributed by atoms with Crippen molar-refractivity contribution >= 4 is 28.3 Å². The molecule has 0 aliphatic carbocycles. The Bertz CT molecular complexity index is 846. The fraction of sp³-hybridized carbons (Fsp3) is 0.150. The van der Waals surface area contributed by atoms with Crippen molar-refractivity contribution in [2.24, 2.45) is 0 Å². The molecule has 3 aromatic carbocycles. The van der Waals surface area contributed by atoms with Crippen molar-refractivity contribution in [3.8, 4) is 5.75 Å². The summed E-state index contributed by atoms with van der Waals surface area (Å²) in [5.74, 6) is 0.457. The molecule has 1 atom stereocenters. The van der Waals surface area contributed by atoms with Crippen molar-refractivity contribution in [1.82, 2.24) is 5.32 Å². The van der Waals surface area contributed by atoms with Crippen LogP contribution in [0.25, 0.3) is 10.8 Å². The maximum Gasteiger partial charge on any atom is 0.258 e. The summed E-state index contributed by atoms with van der Waals surface area (Å²) in [6.45, 7) is 1.93. The quantitative estimate of drug-likeness (QED) is 0.728. The number of carbonyl (C=O) groups is 1. The second-order valence-electron chi connectivity index (χ2n) is 5.64. The van der Waals surface area contributed by atoms with E-state index in [9.17, 15) is 4.79 Å². The molecule has 122 valence electrons. The Morgan fingerprint density at radius 3 is 2.50 bits per heavy atom. The molecule has 0 aliphatic heterocycles. The molecule has 0 aliphatic rings. The SMILES string of the molecule is C[C@H](NC(=O)COc1ccc(Cl)cc1)c1ccc2ccccc2c1. The number of fused-ring (bicyclic) bond motifs is 1. The van der Waals surface area contributed by atoms with E-state index in [4.69, 9.17) is 16.3 Å². The first-order valence-electron chi connectivity index (χ1n) is 7.78. The lowest BCUT2D eigenvalue weighted by atomic mass is 10.0. The number of amides is 1. The van der Waals surface area contributed by atoms with Crippen LogP contribution in [0.4, 0.5) is 0 Å². The monoisotopic (exact) mass is 339 g/mol. The maximum atomic E-state index is 12.1. The summed E-state index contributed by atoms with van der Waals surface area (Å²) in [7, 11) is 0.